The van der Waals surface area contributed by atoms with Gasteiger partial charge >= 0.3 is 0 Å². The predicted octanol–water partition coefficient (Wildman–Crippen LogP) is 4.29. The number of hydrogen-bond donors (Lipinski definition) is 0. The number of pyridine rings is 1. The number of halogens is 1. The molecule has 21 heavy (non-hydrogen) atoms. The second kappa shape index (κ2) is 5.49. The van der Waals surface area contributed by atoms with Crippen molar-refractivity contribution in [2.45, 2.75) is 6.92 Å². The van der Waals surface area contributed by atoms with Crippen molar-refractivity contribution in [3.8, 4) is 22.4 Å². The van der Waals surface area contributed by atoms with Crippen LogP contribution in [0.1, 0.15) is 5.69 Å². The van der Waals surface area contributed by atoms with Crippen molar-refractivity contribution in [1.29, 1.82) is 0 Å². The number of hydrogen-bond acceptors (Lipinski definition) is 0. The van der Waals surface area contributed by atoms with Crippen molar-refractivity contribution in [3.05, 3.63) is 78.2 Å². The van der Waals surface area contributed by atoms with Gasteiger partial charge in [-0.05, 0) is 35.4 Å². The highest BCUT2D eigenvalue weighted by Crippen LogP contribution is 2.24. The Morgan fingerprint density at radius 1 is 0.762 bits per heavy atom. The van der Waals surface area contributed by atoms with Crippen LogP contribution in [0.15, 0.2) is 66.7 Å². The van der Waals surface area contributed by atoms with Crippen molar-refractivity contribution >= 4 is 0 Å². The van der Waals surface area contributed by atoms with Gasteiger partial charge in [-0.2, -0.15) is 4.57 Å². The summed E-state index contributed by atoms with van der Waals surface area (Å²) in [6, 6.07) is 21.2. The molecule has 1 heterocycles. The lowest BCUT2D eigenvalue weighted by atomic mass is 10.0. The van der Waals surface area contributed by atoms with E-state index in [1.165, 1.54) is 23.3 Å². The molecule has 2 aromatic carbocycles. The lowest BCUT2D eigenvalue weighted by Gasteiger charge is -2.07. The summed E-state index contributed by atoms with van der Waals surface area (Å²) in [5, 5.41) is 0. The van der Waals surface area contributed by atoms with Crippen LogP contribution in [0.2, 0.25) is 0 Å². The van der Waals surface area contributed by atoms with Crippen LogP contribution in [0.3, 0.4) is 0 Å². The molecular formula is C19H17FN+. The highest BCUT2D eigenvalue weighted by atomic mass is 19.1. The molecule has 104 valence electrons. The van der Waals surface area contributed by atoms with Gasteiger partial charge in [-0.15, -0.1) is 0 Å². The third kappa shape index (κ3) is 2.70. The van der Waals surface area contributed by atoms with Crippen LogP contribution >= 0.6 is 0 Å². The Balaban J connectivity index is 2.17. The Bertz CT molecular complexity index is 762. The molecule has 3 rings (SSSR count). The molecule has 0 amide bonds. The zero-order chi connectivity index (χ0) is 14.8. The average Bonchev–Trinajstić information content (AvgIpc) is 2.52. The largest absolute Gasteiger partial charge is 0.213 e. The van der Waals surface area contributed by atoms with Crippen LogP contribution in [0.4, 0.5) is 4.39 Å². The van der Waals surface area contributed by atoms with Gasteiger partial charge in [0.15, 0.2) is 5.69 Å². The molecule has 0 spiro atoms. The van der Waals surface area contributed by atoms with Gasteiger partial charge in [0.25, 0.3) is 0 Å². The topological polar surface area (TPSA) is 3.88 Å². The van der Waals surface area contributed by atoms with Crippen LogP contribution < -0.4 is 4.57 Å². The maximum absolute atomic E-state index is 13.1. The molecule has 0 radical (unpaired) electrons. The summed E-state index contributed by atoms with van der Waals surface area (Å²) in [4.78, 5) is 0. The molecule has 0 bridgehead atoms. The van der Waals surface area contributed by atoms with E-state index in [1.807, 2.05) is 37.4 Å². The molecule has 0 saturated heterocycles. The predicted molar refractivity (Wildman–Crippen MR) is 83.2 cm³/mol. The number of rotatable bonds is 2. The normalized spacial score (nSPS) is 10.6. The van der Waals surface area contributed by atoms with E-state index in [2.05, 4.69) is 35.8 Å². The Labute approximate surface area is 124 Å². The maximum atomic E-state index is 13.1. The standard InChI is InChI=1S/C19H17FN/c1-14-12-17(15-6-4-3-5-7-15)13-19(21(14)2)16-8-10-18(20)11-9-16/h3-13H,1-2H3/q+1. The molecular weight excluding hydrogens is 261 g/mol. The zero-order valence-electron chi connectivity index (χ0n) is 12.2. The van der Waals surface area contributed by atoms with Gasteiger partial charge in [0.05, 0.1) is 0 Å². The Hall–Kier alpha value is -2.48. The minimum atomic E-state index is -0.211. The molecule has 3 aromatic rings. The fourth-order valence-corrected chi connectivity index (χ4v) is 2.49. The molecule has 2 heteroatoms. The summed E-state index contributed by atoms with van der Waals surface area (Å²) in [7, 11) is 2.03. The summed E-state index contributed by atoms with van der Waals surface area (Å²) in [5.74, 6) is -0.211. The van der Waals surface area contributed by atoms with Crippen LogP contribution in [0, 0.1) is 12.7 Å². The molecule has 0 saturated carbocycles. The summed E-state index contributed by atoms with van der Waals surface area (Å²) in [6.45, 7) is 2.08. The van der Waals surface area contributed by atoms with E-state index >= 15 is 0 Å². The minimum absolute atomic E-state index is 0.211. The summed E-state index contributed by atoms with van der Waals surface area (Å²) < 4.78 is 15.2. The van der Waals surface area contributed by atoms with Crippen molar-refractivity contribution in [2.75, 3.05) is 0 Å². The molecule has 0 atom stereocenters. The zero-order valence-corrected chi connectivity index (χ0v) is 12.2. The van der Waals surface area contributed by atoms with Crippen molar-refractivity contribution in [1.82, 2.24) is 0 Å². The van der Waals surface area contributed by atoms with Gasteiger partial charge in [-0.1, -0.05) is 30.3 Å². The Kier molecular flexibility index (Phi) is 3.53. The fourth-order valence-electron chi connectivity index (χ4n) is 2.49. The Morgan fingerprint density at radius 2 is 1.43 bits per heavy atom. The monoisotopic (exact) mass is 278 g/mol. The molecule has 0 fully saturated rings. The lowest BCUT2D eigenvalue weighted by molar-refractivity contribution is -0.666. The quantitative estimate of drug-likeness (QED) is 0.616. The lowest BCUT2D eigenvalue weighted by Crippen LogP contribution is -2.34. The first-order chi connectivity index (χ1) is 10.1. The van der Waals surface area contributed by atoms with Crippen molar-refractivity contribution in [3.63, 3.8) is 0 Å². The first kappa shape index (κ1) is 13.5. The smallest absolute Gasteiger partial charge is 0.207 e. The van der Waals surface area contributed by atoms with Crippen molar-refractivity contribution in [2.24, 2.45) is 7.05 Å². The second-order valence-corrected chi connectivity index (χ2v) is 5.20. The minimum Gasteiger partial charge on any atom is -0.207 e. The van der Waals surface area contributed by atoms with E-state index in [0.717, 1.165) is 17.0 Å². The number of nitrogens with zero attached hydrogens (tertiary/aromatic N) is 1. The molecule has 0 N–H and O–H groups in total. The van der Waals surface area contributed by atoms with E-state index in [-0.39, 0.29) is 5.82 Å². The van der Waals surface area contributed by atoms with Gasteiger partial charge in [0.1, 0.15) is 12.9 Å². The molecule has 0 aliphatic heterocycles. The summed E-state index contributed by atoms with van der Waals surface area (Å²) >= 11 is 0. The molecule has 1 aromatic heterocycles. The van der Waals surface area contributed by atoms with Gasteiger partial charge in [0.2, 0.25) is 5.69 Å². The van der Waals surface area contributed by atoms with Gasteiger partial charge in [-0.3, -0.25) is 0 Å². The van der Waals surface area contributed by atoms with E-state index in [0.29, 0.717) is 0 Å². The fraction of sp³-hybridized carbons (Fsp3) is 0.105. The first-order valence-electron chi connectivity index (χ1n) is 6.97. The highest BCUT2D eigenvalue weighted by Gasteiger charge is 2.15. The van der Waals surface area contributed by atoms with Crippen molar-refractivity contribution < 1.29 is 8.96 Å². The SMILES string of the molecule is Cc1cc(-c2ccccc2)cc(-c2ccc(F)cc2)[n+]1C. The Morgan fingerprint density at radius 3 is 2.10 bits per heavy atom. The van der Waals surface area contributed by atoms with Crippen LogP contribution in [-0.2, 0) is 7.05 Å². The molecule has 0 aliphatic carbocycles. The van der Waals surface area contributed by atoms with E-state index in [9.17, 15) is 4.39 Å². The van der Waals surface area contributed by atoms with E-state index in [4.69, 9.17) is 0 Å². The average molecular weight is 278 g/mol. The third-order valence-corrected chi connectivity index (χ3v) is 3.79. The number of aromatic nitrogens is 1. The van der Waals surface area contributed by atoms with Crippen LogP contribution in [0.5, 0.6) is 0 Å². The first-order valence-corrected chi connectivity index (χ1v) is 6.97. The molecule has 0 aliphatic rings. The third-order valence-electron chi connectivity index (χ3n) is 3.79. The second-order valence-electron chi connectivity index (χ2n) is 5.20. The van der Waals surface area contributed by atoms with Gasteiger partial charge in [-0.25, -0.2) is 4.39 Å². The van der Waals surface area contributed by atoms with Gasteiger partial charge in [0, 0.05) is 24.6 Å². The van der Waals surface area contributed by atoms with E-state index < -0.39 is 0 Å². The summed E-state index contributed by atoms with van der Waals surface area (Å²) in [6.07, 6.45) is 0. The van der Waals surface area contributed by atoms with Crippen LogP contribution in [-0.4, -0.2) is 0 Å². The summed E-state index contributed by atoms with van der Waals surface area (Å²) in [5.41, 5.74) is 5.61. The maximum Gasteiger partial charge on any atom is 0.213 e. The number of aryl methyl sites for hydroxylation is 1. The highest BCUT2D eigenvalue weighted by molar-refractivity contribution is 5.69. The van der Waals surface area contributed by atoms with Crippen LogP contribution in [0.25, 0.3) is 22.4 Å². The van der Waals surface area contributed by atoms with E-state index in [1.54, 1.807) is 0 Å². The molecule has 1 nitrogen and oxygen atoms in total. The van der Waals surface area contributed by atoms with Gasteiger partial charge < -0.3 is 0 Å². The number of benzene rings is 2. The molecule has 0 unspecified atom stereocenters.